The molecule has 14 heavy (non-hydrogen) atoms. The Hall–Kier alpha value is -0.770. The van der Waals surface area contributed by atoms with Crippen LogP contribution in [-0.4, -0.2) is 24.1 Å². The molecule has 0 aromatic rings. The van der Waals surface area contributed by atoms with Gasteiger partial charge in [0.05, 0.1) is 0 Å². The Bertz CT molecular complexity index is 167. The largest absolute Gasteiger partial charge is 0.409 e. The molecule has 0 aromatic heterocycles. The minimum atomic E-state index is 0.0920. The van der Waals surface area contributed by atoms with Crippen molar-refractivity contribution in [3.63, 3.8) is 0 Å². The van der Waals surface area contributed by atoms with Crippen LogP contribution in [-0.2, 0) is 0 Å². The maximum atomic E-state index is 8.44. The fourth-order valence-electron chi connectivity index (χ4n) is 1.28. The lowest BCUT2D eigenvalue weighted by Crippen LogP contribution is -2.33. The summed E-state index contributed by atoms with van der Waals surface area (Å²) in [5.41, 5.74) is 5.46. The average molecular weight is 201 g/mol. The van der Waals surface area contributed by atoms with E-state index >= 15 is 0 Å². The Balaban J connectivity index is 3.63. The molecule has 0 rings (SSSR count). The van der Waals surface area contributed by atoms with Crippen LogP contribution in [0.1, 0.15) is 33.6 Å². The van der Waals surface area contributed by atoms with Gasteiger partial charge in [-0.1, -0.05) is 38.8 Å². The van der Waals surface area contributed by atoms with E-state index in [9.17, 15) is 0 Å². The molecule has 4 nitrogen and oxygen atoms in total. The molecule has 1 atom stereocenters. The fourth-order valence-corrected chi connectivity index (χ4v) is 1.28. The Kier molecular flexibility index (Phi) is 7.20. The summed E-state index contributed by atoms with van der Waals surface area (Å²) in [6.07, 6.45) is 2.39. The first-order valence-corrected chi connectivity index (χ1v) is 5.33. The summed E-state index contributed by atoms with van der Waals surface area (Å²) in [6.45, 7) is 8.11. The number of hydrogen-bond donors (Lipinski definition) is 3. The van der Waals surface area contributed by atoms with Crippen molar-refractivity contribution in [3.05, 3.63) is 0 Å². The molecule has 0 bridgehead atoms. The molecule has 0 aromatic carbocycles. The zero-order valence-corrected chi connectivity index (χ0v) is 9.45. The predicted molar refractivity (Wildman–Crippen MR) is 59.5 cm³/mol. The smallest absolute Gasteiger partial charge is 0.143 e. The zero-order chi connectivity index (χ0) is 11.0. The maximum absolute atomic E-state index is 8.44. The maximum Gasteiger partial charge on any atom is 0.143 e. The van der Waals surface area contributed by atoms with Gasteiger partial charge in [-0.25, -0.2) is 0 Å². The molecule has 0 spiro atoms. The number of nitrogens with two attached hydrogens (primary N) is 1. The fraction of sp³-hybridized carbons (Fsp3) is 0.900. The van der Waals surface area contributed by atoms with E-state index in [0.717, 1.165) is 19.0 Å². The minimum absolute atomic E-state index is 0.0920. The predicted octanol–water partition coefficient (Wildman–Crippen LogP) is 1.39. The first-order chi connectivity index (χ1) is 6.65. The van der Waals surface area contributed by atoms with E-state index in [2.05, 4.69) is 24.3 Å². The Morgan fingerprint density at radius 2 is 1.93 bits per heavy atom. The number of nitrogens with zero attached hydrogens (tertiary/aromatic N) is 1. The zero-order valence-electron chi connectivity index (χ0n) is 9.45. The first kappa shape index (κ1) is 13.2. The molecule has 0 heterocycles. The van der Waals surface area contributed by atoms with Crippen LogP contribution in [0.25, 0.3) is 0 Å². The second kappa shape index (κ2) is 7.62. The first-order valence-electron chi connectivity index (χ1n) is 5.33. The summed E-state index contributed by atoms with van der Waals surface area (Å²) in [7, 11) is 0. The summed E-state index contributed by atoms with van der Waals surface area (Å²) in [5, 5.41) is 14.8. The number of oxime groups is 1. The molecule has 0 aliphatic carbocycles. The van der Waals surface area contributed by atoms with Crippen molar-refractivity contribution in [2.45, 2.75) is 33.6 Å². The molecule has 4 heteroatoms. The molecule has 0 amide bonds. The highest BCUT2D eigenvalue weighted by Gasteiger charge is 2.08. The number of rotatable bonds is 7. The second-order valence-electron chi connectivity index (χ2n) is 3.77. The molecular formula is C10H23N3O. The van der Waals surface area contributed by atoms with Crippen molar-refractivity contribution in [2.24, 2.45) is 22.7 Å². The van der Waals surface area contributed by atoms with Gasteiger partial charge in [-0.2, -0.15) is 0 Å². The second-order valence-corrected chi connectivity index (χ2v) is 3.77. The van der Waals surface area contributed by atoms with Gasteiger partial charge < -0.3 is 16.3 Å². The van der Waals surface area contributed by atoms with Crippen LogP contribution in [0, 0.1) is 11.8 Å². The molecule has 1 unspecified atom stereocenters. The van der Waals surface area contributed by atoms with Crippen molar-refractivity contribution >= 4 is 5.84 Å². The number of amidine groups is 1. The van der Waals surface area contributed by atoms with Crippen LogP contribution >= 0.6 is 0 Å². The van der Waals surface area contributed by atoms with Gasteiger partial charge >= 0.3 is 0 Å². The third-order valence-corrected chi connectivity index (χ3v) is 2.66. The molecule has 0 saturated carbocycles. The van der Waals surface area contributed by atoms with E-state index < -0.39 is 0 Å². The van der Waals surface area contributed by atoms with Gasteiger partial charge in [-0.15, -0.1) is 0 Å². The quantitative estimate of drug-likeness (QED) is 0.252. The minimum Gasteiger partial charge on any atom is -0.409 e. The van der Waals surface area contributed by atoms with Crippen LogP contribution in [0.4, 0.5) is 0 Å². The highest BCUT2D eigenvalue weighted by Crippen LogP contribution is 2.05. The average Bonchev–Trinajstić information content (AvgIpc) is 2.22. The summed E-state index contributed by atoms with van der Waals surface area (Å²) < 4.78 is 0. The lowest BCUT2D eigenvalue weighted by atomic mass is 10.0. The Morgan fingerprint density at radius 3 is 2.36 bits per heavy atom. The monoisotopic (exact) mass is 201 g/mol. The van der Waals surface area contributed by atoms with Gasteiger partial charge in [-0.05, 0) is 12.5 Å². The van der Waals surface area contributed by atoms with E-state index in [-0.39, 0.29) is 5.92 Å². The molecule has 0 saturated heterocycles. The van der Waals surface area contributed by atoms with Gasteiger partial charge in [-0.3, -0.25) is 0 Å². The van der Waals surface area contributed by atoms with E-state index in [4.69, 9.17) is 10.9 Å². The van der Waals surface area contributed by atoms with Crippen LogP contribution < -0.4 is 11.1 Å². The van der Waals surface area contributed by atoms with Crippen molar-refractivity contribution < 1.29 is 5.21 Å². The van der Waals surface area contributed by atoms with Gasteiger partial charge in [0.15, 0.2) is 0 Å². The van der Waals surface area contributed by atoms with Crippen molar-refractivity contribution in [1.29, 1.82) is 0 Å². The van der Waals surface area contributed by atoms with Crippen LogP contribution in [0.2, 0.25) is 0 Å². The van der Waals surface area contributed by atoms with Gasteiger partial charge in [0.2, 0.25) is 0 Å². The van der Waals surface area contributed by atoms with Gasteiger partial charge in [0.25, 0.3) is 0 Å². The molecule has 0 aliphatic rings. The normalized spacial score (nSPS) is 14.7. The SMILES string of the molecule is CCC(CC)CNCC(C)C(N)=NO. The van der Waals surface area contributed by atoms with Crippen molar-refractivity contribution in [1.82, 2.24) is 5.32 Å². The molecule has 4 N–H and O–H groups in total. The lowest BCUT2D eigenvalue weighted by molar-refractivity contribution is 0.313. The highest BCUT2D eigenvalue weighted by molar-refractivity contribution is 5.82. The third-order valence-electron chi connectivity index (χ3n) is 2.66. The third kappa shape index (κ3) is 5.07. The van der Waals surface area contributed by atoms with Crippen molar-refractivity contribution in [2.75, 3.05) is 13.1 Å². The van der Waals surface area contributed by atoms with Crippen molar-refractivity contribution in [3.8, 4) is 0 Å². The molecule has 0 fully saturated rings. The van der Waals surface area contributed by atoms with E-state index in [1.807, 2.05) is 6.92 Å². The Morgan fingerprint density at radius 1 is 1.36 bits per heavy atom. The molecular weight excluding hydrogens is 178 g/mol. The van der Waals surface area contributed by atoms with E-state index in [1.165, 1.54) is 12.8 Å². The number of hydrogen-bond acceptors (Lipinski definition) is 3. The summed E-state index contributed by atoms with van der Waals surface area (Å²) in [5.74, 6) is 1.12. The lowest BCUT2D eigenvalue weighted by Gasteiger charge is -2.15. The number of nitrogens with one attached hydrogen (secondary N) is 1. The molecule has 0 radical (unpaired) electrons. The summed E-state index contributed by atoms with van der Waals surface area (Å²) in [4.78, 5) is 0. The van der Waals surface area contributed by atoms with Gasteiger partial charge in [0.1, 0.15) is 5.84 Å². The summed E-state index contributed by atoms with van der Waals surface area (Å²) >= 11 is 0. The highest BCUT2D eigenvalue weighted by atomic mass is 16.4. The van der Waals surface area contributed by atoms with E-state index in [0.29, 0.717) is 5.84 Å². The Labute approximate surface area is 86.6 Å². The summed E-state index contributed by atoms with van der Waals surface area (Å²) in [6, 6.07) is 0. The standard InChI is InChI=1S/C10H23N3O/c1-4-9(5-2)7-12-6-8(3)10(11)13-14/h8-9,12,14H,4-7H2,1-3H3,(H2,11,13). The topological polar surface area (TPSA) is 70.6 Å². The van der Waals surface area contributed by atoms with Gasteiger partial charge in [0, 0.05) is 12.5 Å². The van der Waals surface area contributed by atoms with Crippen LogP contribution in [0.15, 0.2) is 5.16 Å². The molecule has 0 aliphatic heterocycles. The van der Waals surface area contributed by atoms with Crippen LogP contribution in [0.3, 0.4) is 0 Å². The van der Waals surface area contributed by atoms with Crippen LogP contribution in [0.5, 0.6) is 0 Å². The molecule has 84 valence electrons. The van der Waals surface area contributed by atoms with E-state index in [1.54, 1.807) is 0 Å².